The van der Waals surface area contributed by atoms with Crippen molar-refractivity contribution in [2.75, 3.05) is 42.5 Å². The number of fused-ring (bicyclic) bond motifs is 8. The van der Waals surface area contributed by atoms with E-state index in [1.54, 1.807) is 120 Å². The molecule has 0 radical (unpaired) electrons. The van der Waals surface area contributed by atoms with Gasteiger partial charge >= 0.3 is 23.9 Å². The highest BCUT2D eigenvalue weighted by Gasteiger charge is 2.73. The summed E-state index contributed by atoms with van der Waals surface area (Å²) in [6, 6.07) is 46.9. The van der Waals surface area contributed by atoms with E-state index in [0.29, 0.717) is 59.3 Å². The predicted octanol–water partition coefficient (Wildman–Crippen LogP) is 13.5. The molecule has 0 aromatic heterocycles. The van der Waals surface area contributed by atoms with Gasteiger partial charge in [0.1, 0.15) is 18.1 Å². The predicted molar refractivity (Wildman–Crippen MR) is 406 cm³/mol. The van der Waals surface area contributed by atoms with Crippen LogP contribution in [-0.4, -0.2) is 97.5 Å². The molecular formula is C88H94N4O16. The molecule has 0 spiro atoms. The lowest BCUT2D eigenvalue weighted by Gasteiger charge is -2.40. The Balaban J connectivity index is 0.000000152. The zero-order valence-electron chi connectivity index (χ0n) is 62.4. The van der Waals surface area contributed by atoms with E-state index in [4.69, 9.17) is 23.7 Å². The number of esters is 4. The van der Waals surface area contributed by atoms with Gasteiger partial charge in [-0.3, -0.25) is 53.0 Å². The minimum atomic E-state index is -0.802. The van der Waals surface area contributed by atoms with Gasteiger partial charge in [-0.1, -0.05) is 132 Å². The van der Waals surface area contributed by atoms with Crippen molar-refractivity contribution in [1.82, 2.24) is 4.90 Å². The number of amides is 7. The van der Waals surface area contributed by atoms with Crippen molar-refractivity contribution in [3.8, 4) is 11.5 Å². The normalized spacial score (nSPS) is 27.5. The quantitative estimate of drug-likeness (QED) is 0.0218. The standard InChI is InChI=1S/C32H32N2O6.C30H40O4.C26H22N2O6/c1-20(29-22(3)30(36)34(31(29)37)25-8-6-5-7-9-25)21(2)32(38)40-27-17-13-24(14-18-27)33-28(35)19-12-23-10-15-26(39-4)16-11-23;1-18-22-11-25(17-34-30(32)10-9-21-7-5-4-6-8-21)29(13-22)28(18)15-27-19(2)26-14-23(27)12-24(26)16-33-20(3)31;1-14-10-16(13-34-18(29)9-8-15-6-4-3-5-7-15)12-17(11-14)28-25(32)21-19-20(22(21)26(28)33)24(31)27(2)23(19)30/h5-22,29H,1-4H3,(H,33,35);4-10,18-19,22-29H,11-17H2,1-3H3;3-12,19-22H,13H2,1-2H3/b19-12+;10-9+;9-8+. The highest BCUT2D eigenvalue weighted by Crippen LogP contribution is 2.63. The molecule has 5 aliphatic carbocycles. The largest absolute Gasteiger partial charge is 0.497 e. The minimum absolute atomic E-state index is 0.0390. The summed E-state index contributed by atoms with van der Waals surface area (Å²) in [7, 11) is 2.97. The molecule has 108 heavy (non-hydrogen) atoms. The van der Waals surface area contributed by atoms with Crippen LogP contribution in [0.2, 0.25) is 0 Å². The first-order valence-electron chi connectivity index (χ1n) is 37.5. The number of anilines is 3. The first-order valence-corrected chi connectivity index (χ1v) is 37.5. The minimum Gasteiger partial charge on any atom is -0.497 e. The monoisotopic (exact) mass is 1460 g/mol. The highest BCUT2D eigenvalue weighted by atomic mass is 16.5. The molecule has 14 rings (SSSR count). The van der Waals surface area contributed by atoms with Gasteiger partial charge < -0.3 is 29.0 Å². The lowest BCUT2D eigenvalue weighted by molar-refractivity contribution is -0.146. The van der Waals surface area contributed by atoms with Crippen molar-refractivity contribution in [3.05, 3.63) is 204 Å². The molecule has 3 aliphatic heterocycles. The second-order valence-electron chi connectivity index (χ2n) is 30.5. The molecule has 3 heterocycles. The first-order chi connectivity index (χ1) is 51.9. The molecule has 5 saturated carbocycles. The molecule has 6 aromatic rings. The second kappa shape index (κ2) is 33.5. The summed E-state index contributed by atoms with van der Waals surface area (Å²) in [6.07, 6.45) is 15.9. The number of rotatable bonds is 22. The van der Waals surface area contributed by atoms with E-state index in [0.717, 1.165) is 79.2 Å². The number of hydrogen-bond donors (Lipinski definition) is 1. The Kier molecular flexibility index (Phi) is 23.8. The molecule has 3 saturated heterocycles. The van der Waals surface area contributed by atoms with Crippen LogP contribution in [0.25, 0.3) is 18.2 Å². The van der Waals surface area contributed by atoms with E-state index >= 15 is 0 Å². The van der Waals surface area contributed by atoms with Gasteiger partial charge in [0.05, 0.1) is 67.2 Å². The Morgan fingerprint density at radius 1 is 0.528 bits per heavy atom. The third-order valence-corrected chi connectivity index (χ3v) is 24.2. The second-order valence-corrected chi connectivity index (χ2v) is 30.5. The van der Waals surface area contributed by atoms with Crippen molar-refractivity contribution in [3.63, 3.8) is 0 Å². The molecule has 8 fully saturated rings. The summed E-state index contributed by atoms with van der Waals surface area (Å²) in [5.41, 5.74) is 5.54. The summed E-state index contributed by atoms with van der Waals surface area (Å²) in [5.74, 6) is -1.18. The van der Waals surface area contributed by atoms with Crippen LogP contribution in [0.1, 0.15) is 101 Å². The molecule has 1 N–H and O–H groups in total. The molecule has 20 heteroatoms. The van der Waals surface area contributed by atoms with E-state index in [1.807, 2.05) is 97.1 Å². The van der Waals surface area contributed by atoms with Gasteiger partial charge in [-0.15, -0.1) is 0 Å². The average Bonchev–Trinajstić information content (AvgIpc) is 1.52. The summed E-state index contributed by atoms with van der Waals surface area (Å²) in [6.45, 7) is 14.6. The van der Waals surface area contributed by atoms with Gasteiger partial charge in [0, 0.05) is 43.8 Å². The topological polar surface area (TPSA) is 256 Å². The van der Waals surface area contributed by atoms with Crippen molar-refractivity contribution >= 4 is 101 Å². The molecule has 7 amide bonds. The number of ether oxygens (including phenoxy) is 5. The zero-order chi connectivity index (χ0) is 76.8. The van der Waals surface area contributed by atoms with Crippen LogP contribution in [0.15, 0.2) is 176 Å². The number of nitrogens with zero attached hydrogens (tertiary/aromatic N) is 3. The average molecular weight is 1460 g/mol. The Bertz CT molecular complexity index is 4420. The van der Waals surface area contributed by atoms with Crippen molar-refractivity contribution in [2.24, 2.45) is 107 Å². The van der Waals surface area contributed by atoms with Gasteiger partial charge in [0.15, 0.2) is 0 Å². The number of methoxy groups -OCH3 is 1. The molecule has 20 nitrogen and oxygen atoms in total. The van der Waals surface area contributed by atoms with Crippen molar-refractivity contribution in [1.29, 1.82) is 0 Å². The Morgan fingerprint density at radius 2 is 1.05 bits per heavy atom. The van der Waals surface area contributed by atoms with Crippen LogP contribution in [0.4, 0.5) is 17.1 Å². The number of para-hydroxylation sites is 1. The van der Waals surface area contributed by atoms with Crippen LogP contribution < -0.4 is 24.6 Å². The number of carbonyl (C=O) groups is 11. The Labute approximate surface area is 630 Å². The lowest BCUT2D eigenvalue weighted by Crippen LogP contribution is -2.50. The number of benzene rings is 6. The SMILES string of the molecule is CC(=O)OCC1CC2CC1C(C)C2CC1C(C)C2CC(COC(=O)/C=C/c3ccccc3)C1C2.COc1ccc(/C=C/C(=O)Nc2ccc(OC(=O)C(C)C(C)C3C(=O)N(c4ccccc4)C(=O)C3C)cc2)cc1.Cc1cc(COC(=O)/C=C/c2ccccc2)cc(N2C(=O)C3C4C(=O)N(C)C(=O)C4C3C2=O)c1. The highest BCUT2D eigenvalue weighted by molar-refractivity contribution is 6.28. The molecule has 6 aromatic carbocycles. The maximum absolute atomic E-state index is 13.2. The van der Waals surface area contributed by atoms with E-state index in [9.17, 15) is 52.7 Å². The smallest absolute Gasteiger partial charge is 0.331 e. The van der Waals surface area contributed by atoms with Gasteiger partial charge in [-0.05, 0) is 211 Å². The summed E-state index contributed by atoms with van der Waals surface area (Å²) in [4.78, 5) is 141. The summed E-state index contributed by atoms with van der Waals surface area (Å²) >= 11 is 0. The molecule has 4 bridgehead atoms. The van der Waals surface area contributed by atoms with E-state index in [-0.39, 0.29) is 36.3 Å². The molecule has 18 unspecified atom stereocenters. The molecule has 8 aliphatic rings. The lowest BCUT2D eigenvalue weighted by atomic mass is 9.59. The Morgan fingerprint density at radius 3 is 1.63 bits per heavy atom. The maximum Gasteiger partial charge on any atom is 0.331 e. The Hall–Kier alpha value is -10.9. The van der Waals surface area contributed by atoms with Crippen molar-refractivity contribution < 1.29 is 76.4 Å². The number of hydrogen-bond acceptors (Lipinski definition) is 16. The molecule has 18 atom stereocenters. The molecule has 562 valence electrons. The van der Waals surface area contributed by atoms with Crippen LogP contribution in [-0.2, 0) is 73.6 Å². The van der Waals surface area contributed by atoms with E-state index in [2.05, 4.69) is 19.2 Å². The number of likely N-dealkylation sites (tertiary alicyclic amines) is 1. The number of imide groups is 3. The first kappa shape index (κ1) is 76.7. The van der Waals surface area contributed by atoms with Crippen LogP contribution in [0.5, 0.6) is 11.5 Å². The third kappa shape index (κ3) is 16.6. The third-order valence-electron chi connectivity index (χ3n) is 24.2. The molecular weight excluding hydrogens is 1370 g/mol. The van der Waals surface area contributed by atoms with Gasteiger partial charge in [-0.2, -0.15) is 0 Å². The number of aryl methyl sites for hydroxylation is 1. The van der Waals surface area contributed by atoms with Crippen LogP contribution in [0, 0.1) is 113 Å². The zero-order valence-corrected chi connectivity index (χ0v) is 62.4. The van der Waals surface area contributed by atoms with Crippen LogP contribution >= 0.6 is 0 Å². The van der Waals surface area contributed by atoms with E-state index in [1.165, 1.54) is 63.1 Å². The fraction of sp³-hybridized carbons (Fsp3) is 0.398. The van der Waals surface area contributed by atoms with Gasteiger partial charge in [0.25, 0.3) is 0 Å². The van der Waals surface area contributed by atoms with Gasteiger partial charge in [-0.25, -0.2) is 14.5 Å². The fourth-order valence-electron chi connectivity index (χ4n) is 18.5. The summed E-state index contributed by atoms with van der Waals surface area (Å²) in [5, 5.41) is 2.76. The number of nitrogens with one attached hydrogen (secondary N) is 1. The maximum atomic E-state index is 13.2. The van der Waals surface area contributed by atoms with Crippen molar-refractivity contribution in [2.45, 2.75) is 87.2 Å². The number of carbonyl (C=O) groups excluding carboxylic acids is 11. The fourth-order valence-corrected chi connectivity index (χ4v) is 18.5. The van der Waals surface area contributed by atoms with Gasteiger partial charge in [0.2, 0.25) is 41.4 Å². The summed E-state index contributed by atoms with van der Waals surface area (Å²) < 4.78 is 27.1. The van der Waals surface area contributed by atoms with E-state index < -0.39 is 82.9 Å². The van der Waals surface area contributed by atoms with Crippen LogP contribution in [0.3, 0.4) is 0 Å².